The lowest BCUT2D eigenvalue weighted by Gasteiger charge is -2.22. The fraction of sp³-hybridized carbons (Fsp3) is 0.348. The summed E-state index contributed by atoms with van der Waals surface area (Å²) in [6, 6.07) is 6.42. The SMILES string of the molecule is N/C(=N\O)N1CC[C@H](O)[C@H]1c1nc(-c2ccc(OCCc3ccc(C(F)(F)F)cc3)c(C(F)(F)F)c2)no1. The van der Waals surface area contributed by atoms with E-state index >= 15 is 0 Å². The minimum absolute atomic E-state index is 0.0507. The van der Waals surface area contributed by atoms with Crippen LogP contribution in [-0.4, -0.2) is 50.6 Å². The van der Waals surface area contributed by atoms with Crippen molar-refractivity contribution in [1.29, 1.82) is 0 Å². The summed E-state index contributed by atoms with van der Waals surface area (Å²) >= 11 is 0. The molecule has 1 saturated heterocycles. The second-order valence-electron chi connectivity index (χ2n) is 8.41. The number of rotatable bonds is 6. The topological polar surface area (TPSA) is 130 Å². The van der Waals surface area contributed by atoms with Gasteiger partial charge in [0.1, 0.15) is 11.8 Å². The molecule has 3 aromatic rings. The number of aromatic nitrogens is 2. The van der Waals surface area contributed by atoms with Crippen LogP contribution in [0.5, 0.6) is 5.75 Å². The maximum atomic E-state index is 13.8. The highest BCUT2D eigenvalue weighted by atomic mass is 19.4. The number of halogens is 6. The van der Waals surface area contributed by atoms with Crippen molar-refractivity contribution in [2.45, 2.75) is 37.3 Å². The van der Waals surface area contributed by atoms with Gasteiger partial charge in [-0.1, -0.05) is 22.4 Å². The van der Waals surface area contributed by atoms with Crippen LogP contribution in [0.3, 0.4) is 0 Å². The van der Waals surface area contributed by atoms with Crippen molar-refractivity contribution in [1.82, 2.24) is 15.0 Å². The van der Waals surface area contributed by atoms with Crippen LogP contribution < -0.4 is 10.5 Å². The normalized spacial score (nSPS) is 18.7. The fourth-order valence-corrected chi connectivity index (χ4v) is 4.02. The lowest BCUT2D eigenvalue weighted by Crippen LogP contribution is -2.38. The molecule has 0 unspecified atom stereocenters. The van der Waals surface area contributed by atoms with Gasteiger partial charge in [0, 0.05) is 18.5 Å². The highest BCUT2D eigenvalue weighted by Crippen LogP contribution is 2.39. The molecule has 1 fully saturated rings. The van der Waals surface area contributed by atoms with Crippen LogP contribution in [0.25, 0.3) is 11.4 Å². The van der Waals surface area contributed by atoms with Gasteiger partial charge in [-0.05, 0) is 42.3 Å². The van der Waals surface area contributed by atoms with E-state index in [-0.39, 0.29) is 49.2 Å². The standard InChI is InChI=1S/C23H21F6N5O4/c24-22(25,26)14-4-1-12(2-5-14)8-10-37-17-6-3-13(11-15(17)23(27,28)29)19-31-20(38-33-19)18-16(35)7-9-34(18)21(30)32-36/h1-6,11,16,18,35-36H,7-10H2,(H2,30,32)/t16-,18-/m0/s1. The molecule has 4 N–H and O–H groups in total. The Bertz CT molecular complexity index is 1290. The van der Waals surface area contributed by atoms with Gasteiger partial charge >= 0.3 is 12.4 Å². The number of nitrogens with two attached hydrogens (primary N) is 1. The third-order valence-corrected chi connectivity index (χ3v) is 5.93. The molecule has 0 aliphatic carbocycles. The third kappa shape index (κ3) is 5.77. The Morgan fingerprint density at radius 2 is 1.82 bits per heavy atom. The summed E-state index contributed by atoms with van der Waals surface area (Å²) in [4.78, 5) is 5.42. The van der Waals surface area contributed by atoms with Crippen LogP contribution in [0.15, 0.2) is 52.1 Å². The predicted octanol–water partition coefficient (Wildman–Crippen LogP) is 4.21. The minimum atomic E-state index is -4.81. The summed E-state index contributed by atoms with van der Waals surface area (Å²) in [6.07, 6.45) is -9.98. The lowest BCUT2D eigenvalue weighted by atomic mass is 10.1. The summed E-state index contributed by atoms with van der Waals surface area (Å²) in [5.41, 5.74) is 4.07. The van der Waals surface area contributed by atoms with Gasteiger partial charge in [0.05, 0.1) is 23.8 Å². The number of ether oxygens (including phenoxy) is 1. The fourth-order valence-electron chi connectivity index (χ4n) is 4.02. The van der Waals surface area contributed by atoms with Gasteiger partial charge in [-0.3, -0.25) is 0 Å². The van der Waals surface area contributed by atoms with E-state index in [0.29, 0.717) is 5.56 Å². The Kier molecular flexibility index (Phi) is 7.40. The molecule has 15 heteroatoms. The molecule has 2 heterocycles. The number of guanidine groups is 1. The second-order valence-corrected chi connectivity index (χ2v) is 8.41. The summed E-state index contributed by atoms with van der Waals surface area (Å²) in [7, 11) is 0. The number of aliphatic hydroxyl groups is 1. The number of hydrogen-bond acceptors (Lipinski definition) is 7. The minimum Gasteiger partial charge on any atom is -0.493 e. The van der Waals surface area contributed by atoms with E-state index in [9.17, 15) is 31.4 Å². The Morgan fingerprint density at radius 1 is 1.11 bits per heavy atom. The molecular formula is C23H21F6N5O4. The zero-order valence-electron chi connectivity index (χ0n) is 19.4. The molecule has 2 aromatic carbocycles. The number of oxime groups is 1. The van der Waals surface area contributed by atoms with E-state index in [2.05, 4.69) is 15.3 Å². The molecule has 0 saturated carbocycles. The van der Waals surface area contributed by atoms with Crippen LogP contribution in [0.2, 0.25) is 0 Å². The maximum Gasteiger partial charge on any atom is 0.419 e. The molecule has 0 bridgehead atoms. The molecule has 0 spiro atoms. The number of alkyl halides is 6. The van der Waals surface area contributed by atoms with Crippen LogP contribution in [-0.2, 0) is 18.8 Å². The van der Waals surface area contributed by atoms with Crippen molar-refractivity contribution in [3.05, 3.63) is 65.0 Å². The molecule has 2 atom stereocenters. The first-order valence-electron chi connectivity index (χ1n) is 11.1. The van der Waals surface area contributed by atoms with E-state index in [1.54, 1.807) is 0 Å². The Morgan fingerprint density at radius 3 is 2.45 bits per heavy atom. The van der Waals surface area contributed by atoms with Gasteiger partial charge in [-0.2, -0.15) is 31.3 Å². The molecular weight excluding hydrogens is 524 g/mol. The number of nitrogens with zero attached hydrogens (tertiary/aromatic N) is 4. The summed E-state index contributed by atoms with van der Waals surface area (Å²) in [5.74, 6) is -1.12. The van der Waals surface area contributed by atoms with Gasteiger partial charge in [-0.15, -0.1) is 0 Å². The zero-order chi connectivity index (χ0) is 27.7. The molecule has 4 rings (SSSR count). The van der Waals surface area contributed by atoms with Gasteiger partial charge in [0.25, 0.3) is 5.89 Å². The molecule has 1 aliphatic heterocycles. The predicted molar refractivity (Wildman–Crippen MR) is 119 cm³/mol. The second kappa shape index (κ2) is 10.4. The summed E-state index contributed by atoms with van der Waals surface area (Å²) in [6.45, 7) is -0.000440. The highest BCUT2D eigenvalue weighted by molar-refractivity contribution is 5.78. The van der Waals surface area contributed by atoms with Gasteiger partial charge < -0.3 is 30.2 Å². The zero-order valence-corrected chi connectivity index (χ0v) is 19.4. The first-order chi connectivity index (χ1) is 17.9. The van der Waals surface area contributed by atoms with Crippen LogP contribution in [0.1, 0.15) is 35.0 Å². The first kappa shape index (κ1) is 27.0. The molecule has 0 amide bonds. The maximum absolute atomic E-state index is 13.8. The average Bonchev–Trinajstić information content (AvgIpc) is 3.49. The molecule has 9 nitrogen and oxygen atoms in total. The van der Waals surface area contributed by atoms with Crippen molar-refractivity contribution in [3.8, 4) is 17.1 Å². The lowest BCUT2D eigenvalue weighted by molar-refractivity contribution is -0.139. The Balaban J connectivity index is 1.51. The molecule has 1 aromatic heterocycles. The molecule has 0 radical (unpaired) electrons. The quantitative estimate of drug-likeness (QED) is 0.138. The summed E-state index contributed by atoms with van der Waals surface area (Å²) < 4.78 is 89.9. The van der Waals surface area contributed by atoms with E-state index in [0.717, 1.165) is 24.3 Å². The van der Waals surface area contributed by atoms with E-state index in [1.807, 2.05) is 0 Å². The Hall–Kier alpha value is -4.01. The van der Waals surface area contributed by atoms with Crippen LogP contribution in [0, 0.1) is 0 Å². The highest BCUT2D eigenvalue weighted by Gasteiger charge is 2.40. The molecule has 38 heavy (non-hydrogen) atoms. The van der Waals surface area contributed by atoms with E-state index in [1.165, 1.54) is 23.1 Å². The van der Waals surface area contributed by atoms with Gasteiger partial charge in [0.15, 0.2) is 0 Å². The van der Waals surface area contributed by atoms with Crippen molar-refractivity contribution in [3.63, 3.8) is 0 Å². The number of benzene rings is 2. The van der Waals surface area contributed by atoms with Crippen molar-refractivity contribution in [2.24, 2.45) is 10.9 Å². The van der Waals surface area contributed by atoms with Crippen LogP contribution in [0.4, 0.5) is 26.3 Å². The largest absolute Gasteiger partial charge is 0.493 e. The summed E-state index contributed by atoms with van der Waals surface area (Å²) in [5, 5.41) is 25.8. The Labute approximate surface area is 211 Å². The number of aliphatic hydroxyl groups excluding tert-OH is 1. The first-order valence-corrected chi connectivity index (χ1v) is 11.1. The van der Waals surface area contributed by atoms with E-state index < -0.39 is 41.4 Å². The van der Waals surface area contributed by atoms with Gasteiger partial charge in [-0.25, -0.2) is 0 Å². The molecule has 204 valence electrons. The number of hydrogen-bond donors (Lipinski definition) is 3. The monoisotopic (exact) mass is 545 g/mol. The average molecular weight is 545 g/mol. The third-order valence-electron chi connectivity index (χ3n) is 5.93. The molecule has 1 aliphatic rings. The van der Waals surface area contributed by atoms with Gasteiger partial charge in [0.2, 0.25) is 11.8 Å². The van der Waals surface area contributed by atoms with Crippen molar-refractivity contribution >= 4 is 5.96 Å². The van der Waals surface area contributed by atoms with Crippen LogP contribution >= 0.6 is 0 Å². The van der Waals surface area contributed by atoms with Crippen molar-refractivity contribution in [2.75, 3.05) is 13.2 Å². The number of likely N-dealkylation sites (tertiary alicyclic amines) is 1. The smallest absolute Gasteiger partial charge is 0.419 e. The van der Waals surface area contributed by atoms with Crippen molar-refractivity contribution < 1.29 is 45.9 Å². The van der Waals surface area contributed by atoms with E-state index in [4.69, 9.17) is 20.2 Å².